The van der Waals surface area contributed by atoms with Gasteiger partial charge in [0, 0.05) is 5.56 Å². The van der Waals surface area contributed by atoms with Crippen LogP contribution in [-0.4, -0.2) is 18.2 Å². The molecule has 0 unspecified atom stereocenters. The monoisotopic (exact) mass is 246 g/mol. The van der Waals surface area contributed by atoms with E-state index in [1.807, 2.05) is 0 Å². The van der Waals surface area contributed by atoms with Crippen molar-refractivity contribution in [2.75, 3.05) is 7.11 Å². The second kappa shape index (κ2) is 4.87. The number of halogens is 1. The van der Waals surface area contributed by atoms with E-state index in [1.165, 1.54) is 31.4 Å². The van der Waals surface area contributed by atoms with Crippen molar-refractivity contribution in [3.05, 3.63) is 53.8 Å². The zero-order chi connectivity index (χ0) is 13.1. The van der Waals surface area contributed by atoms with E-state index in [9.17, 15) is 9.18 Å². The quantitative estimate of drug-likeness (QED) is 0.828. The van der Waals surface area contributed by atoms with E-state index in [-0.39, 0.29) is 11.3 Å². The van der Waals surface area contributed by atoms with Crippen molar-refractivity contribution in [1.82, 2.24) is 0 Å². The number of esters is 1. The molecule has 0 atom stereocenters. The van der Waals surface area contributed by atoms with Crippen LogP contribution in [0.2, 0.25) is 0 Å². The lowest BCUT2D eigenvalue weighted by molar-refractivity contribution is 0.0600. The van der Waals surface area contributed by atoms with E-state index >= 15 is 0 Å². The Morgan fingerprint density at radius 2 is 1.83 bits per heavy atom. The molecule has 0 amide bonds. The fourth-order valence-electron chi connectivity index (χ4n) is 1.64. The minimum Gasteiger partial charge on any atom is -0.508 e. The van der Waals surface area contributed by atoms with Gasteiger partial charge in [0.25, 0.3) is 0 Å². The van der Waals surface area contributed by atoms with Gasteiger partial charge in [-0.3, -0.25) is 0 Å². The maximum absolute atomic E-state index is 13.9. The van der Waals surface area contributed by atoms with E-state index in [0.29, 0.717) is 11.1 Å². The van der Waals surface area contributed by atoms with Crippen LogP contribution in [0.4, 0.5) is 4.39 Å². The van der Waals surface area contributed by atoms with Crippen molar-refractivity contribution in [2.45, 2.75) is 0 Å². The van der Waals surface area contributed by atoms with Crippen LogP contribution in [0.1, 0.15) is 10.4 Å². The molecule has 3 nitrogen and oxygen atoms in total. The number of carbonyl (C=O) groups excluding carboxylic acids is 1. The van der Waals surface area contributed by atoms with Crippen LogP contribution >= 0.6 is 0 Å². The minimum atomic E-state index is -0.578. The summed E-state index contributed by atoms with van der Waals surface area (Å²) in [6.45, 7) is 0. The molecule has 0 saturated carbocycles. The first-order valence-corrected chi connectivity index (χ1v) is 5.29. The van der Waals surface area contributed by atoms with Crippen molar-refractivity contribution < 1.29 is 19.0 Å². The van der Waals surface area contributed by atoms with Gasteiger partial charge in [-0.15, -0.1) is 0 Å². The summed E-state index contributed by atoms with van der Waals surface area (Å²) in [6.07, 6.45) is 0. The lowest BCUT2D eigenvalue weighted by Crippen LogP contribution is -2.01. The summed E-state index contributed by atoms with van der Waals surface area (Å²) in [7, 11) is 1.24. The van der Waals surface area contributed by atoms with Crippen LogP contribution in [0.25, 0.3) is 11.1 Å². The third kappa shape index (κ3) is 2.32. The second-order valence-electron chi connectivity index (χ2n) is 3.73. The number of methoxy groups -OCH3 is 1. The van der Waals surface area contributed by atoms with Crippen molar-refractivity contribution in [3.8, 4) is 16.9 Å². The fraction of sp³-hybridized carbons (Fsp3) is 0.0714. The Hall–Kier alpha value is -2.36. The van der Waals surface area contributed by atoms with Gasteiger partial charge in [-0.1, -0.05) is 18.2 Å². The Kier molecular flexibility index (Phi) is 3.28. The van der Waals surface area contributed by atoms with Crippen LogP contribution in [0.15, 0.2) is 42.5 Å². The number of phenols is 1. The zero-order valence-corrected chi connectivity index (χ0v) is 9.68. The number of hydrogen-bond donors (Lipinski definition) is 1. The van der Waals surface area contributed by atoms with E-state index in [0.717, 1.165) is 6.07 Å². The summed E-state index contributed by atoms with van der Waals surface area (Å²) in [6, 6.07) is 10.3. The molecule has 0 aromatic heterocycles. The van der Waals surface area contributed by atoms with Crippen LogP contribution in [-0.2, 0) is 4.74 Å². The third-order valence-corrected chi connectivity index (χ3v) is 2.57. The largest absolute Gasteiger partial charge is 0.508 e. The summed E-state index contributed by atoms with van der Waals surface area (Å²) in [5, 5.41) is 9.17. The smallest absolute Gasteiger partial charge is 0.337 e. The van der Waals surface area contributed by atoms with Gasteiger partial charge in [-0.25, -0.2) is 9.18 Å². The van der Waals surface area contributed by atoms with Crippen molar-refractivity contribution in [1.29, 1.82) is 0 Å². The summed E-state index contributed by atoms with van der Waals surface area (Å²) in [5.74, 6) is -0.972. The minimum absolute atomic E-state index is 0.116. The number of aromatic hydroxyl groups is 1. The van der Waals surface area contributed by atoms with Gasteiger partial charge in [0.05, 0.1) is 12.7 Å². The SMILES string of the molecule is COC(=O)c1ccc(-c2ccc(O)cc2)c(F)c1. The van der Waals surface area contributed by atoms with Crippen LogP contribution < -0.4 is 0 Å². The lowest BCUT2D eigenvalue weighted by Gasteiger charge is -2.05. The van der Waals surface area contributed by atoms with Gasteiger partial charge in [0.15, 0.2) is 0 Å². The van der Waals surface area contributed by atoms with E-state index in [2.05, 4.69) is 4.74 Å². The van der Waals surface area contributed by atoms with Crippen molar-refractivity contribution in [2.24, 2.45) is 0 Å². The summed E-state index contributed by atoms with van der Waals surface area (Å²) >= 11 is 0. The van der Waals surface area contributed by atoms with Gasteiger partial charge >= 0.3 is 5.97 Å². The molecule has 4 heteroatoms. The third-order valence-electron chi connectivity index (χ3n) is 2.57. The number of phenolic OH excluding ortho intramolecular Hbond substituents is 1. The lowest BCUT2D eigenvalue weighted by atomic mass is 10.0. The average Bonchev–Trinajstić information content (AvgIpc) is 2.39. The van der Waals surface area contributed by atoms with Gasteiger partial charge in [-0.2, -0.15) is 0 Å². The van der Waals surface area contributed by atoms with Crippen LogP contribution in [0, 0.1) is 5.82 Å². The maximum Gasteiger partial charge on any atom is 0.337 e. The first kappa shape index (κ1) is 12.1. The second-order valence-corrected chi connectivity index (χ2v) is 3.73. The maximum atomic E-state index is 13.9. The topological polar surface area (TPSA) is 46.5 Å². The molecule has 0 aliphatic rings. The highest BCUT2D eigenvalue weighted by molar-refractivity contribution is 5.90. The number of ether oxygens (including phenoxy) is 1. The Morgan fingerprint density at radius 3 is 2.39 bits per heavy atom. The standard InChI is InChI=1S/C14H11FO3/c1-18-14(17)10-4-7-12(13(15)8-10)9-2-5-11(16)6-3-9/h2-8,16H,1H3. The number of benzene rings is 2. The van der Waals surface area contributed by atoms with Crippen molar-refractivity contribution >= 4 is 5.97 Å². The molecular weight excluding hydrogens is 235 g/mol. The number of rotatable bonds is 2. The molecule has 0 aliphatic heterocycles. The van der Waals surface area contributed by atoms with Gasteiger partial charge in [0.1, 0.15) is 11.6 Å². The molecule has 0 aliphatic carbocycles. The Morgan fingerprint density at radius 1 is 1.17 bits per heavy atom. The first-order valence-electron chi connectivity index (χ1n) is 5.29. The molecule has 0 fully saturated rings. The fourth-order valence-corrected chi connectivity index (χ4v) is 1.64. The molecular formula is C14H11FO3. The predicted octanol–water partition coefficient (Wildman–Crippen LogP) is 2.98. The molecule has 2 aromatic rings. The number of hydrogen-bond acceptors (Lipinski definition) is 3. The van der Waals surface area contributed by atoms with Crippen molar-refractivity contribution in [3.63, 3.8) is 0 Å². The molecule has 1 N–H and O–H groups in total. The highest BCUT2D eigenvalue weighted by Crippen LogP contribution is 2.25. The van der Waals surface area contributed by atoms with Gasteiger partial charge in [-0.05, 0) is 29.8 Å². The highest BCUT2D eigenvalue weighted by Gasteiger charge is 2.10. The summed E-state index contributed by atoms with van der Waals surface area (Å²) in [4.78, 5) is 11.2. The summed E-state index contributed by atoms with van der Waals surface area (Å²) in [5.41, 5.74) is 1.15. The Bertz CT molecular complexity index is 576. The molecule has 92 valence electrons. The molecule has 0 radical (unpaired) electrons. The van der Waals surface area contributed by atoms with Gasteiger partial charge in [0.2, 0.25) is 0 Å². The highest BCUT2D eigenvalue weighted by atomic mass is 19.1. The normalized spacial score (nSPS) is 10.1. The number of carbonyl (C=O) groups is 1. The molecule has 0 saturated heterocycles. The van der Waals surface area contributed by atoms with E-state index in [4.69, 9.17) is 5.11 Å². The summed E-state index contributed by atoms with van der Waals surface area (Å²) < 4.78 is 18.4. The molecule has 2 aromatic carbocycles. The van der Waals surface area contributed by atoms with Gasteiger partial charge < -0.3 is 9.84 Å². The predicted molar refractivity (Wildman–Crippen MR) is 64.8 cm³/mol. The molecule has 0 heterocycles. The Labute approximate surface area is 103 Å². The van der Waals surface area contributed by atoms with Crippen LogP contribution in [0.3, 0.4) is 0 Å². The van der Waals surface area contributed by atoms with E-state index < -0.39 is 11.8 Å². The Balaban J connectivity index is 2.41. The van der Waals surface area contributed by atoms with E-state index in [1.54, 1.807) is 12.1 Å². The molecule has 18 heavy (non-hydrogen) atoms. The molecule has 0 spiro atoms. The first-order chi connectivity index (χ1) is 8.61. The van der Waals surface area contributed by atoms with Crippen LogP contribution in [0.5, 0.6) is 5.75 Å². The molecule has 0 bridgehead atoms. The average molecular weight is 246 g/mol. The zero-order valence-electron chi connectivity index (χ0n) is 9.68. The molecule has 2 rings (SSSR count).